The number of aliphatic hydroxyl groups excluding tert-OH is 2. The van der Waals surface area contributed by atoms with Gasteiger partial charge in [0.25, 0.3) is 0 Å². The molecule has 0 saturated heterocycles. The minimum absolute atomic E-state index is 0.0576. The molecule has 0 aromatic heterocycles. The largest absolute Gasteiger partial charge is 0.394 e. The Morgan fingerprint density at radius 1 is 0.426 bits per heavy atom. The second-order valence-electron chi connectivity index (χ2n) is 17.2. The number of amides is 1. The number of carbonyl (C=O) groups excluding carboxylic acids is 1. The van der Waals surface area contributed by atoms with Crippen molar-refractivity contribution in [2.75, 3.05) is 6.61 Å². The van der Waals surface area contributed by atoms with E-state index in [-0.39, 0.29) is 12.5 Å². The molecule has 0 bridgehead atoms. The zero-order chi connectivity index (χ0) is 39.3. The molecule has 2 unspecified atom stereocenters. The topological polar surface area (TPSA) is 69.6 Å². The van der Waals surface area contributed by atoms with Crippen LogP contribution in [0.25, 0.3) is 0 Å². The van der Waals surface area contributed by atoms with Crippen LogP contribution in [0, 0.1) is 0 Å². The molecule has 1 amide bonds. The SMILES string of the molecule is CCCCCCCCCCCCCCCCCCCCCCC/C=C/C(O)C(CO)NC(=O)CCCCCCCCCCCCCCCCCCCCC. The van der Waals surface area contributed by atoms with Crippen LogP contribution < -0.4 is 5.32 Å². The van der Waals surface area contributed by atoms with Crippen molar-refractivity contribution in [1.82, 2.24) is 5.32 Å². The molecule has 0 spiro atoms. The molecule has 0 aliphatic rings. The number of allylic oxidation sites excluding steroid dienone is 1. The Hall–Kier alpha value is -0.870. The monoisotopic (exact) mass is 762 g/mol. The highest BCUT2D eigenvalue weighted by atomic mass is 16.3. The average Bonchev–Trinajstić information content (AvgIpc) is 3.18. The Kier molecular flexibility index (Phi) is 45.8. The zero-order valence-corrected chi connectivity index (χ0v) is 37.0. The average molecular weight is 762 g/mol. The quantitative estimate of drug-likeness (QED) is 0.0427. The van der Waals surface area contributed by atoms with Gasteiger partial charge in [0, 0.05) is 6.42 Å². The number of unbranched alkanes of at least 4 members (excludes halogenated alkanes) is 39. The normalized spacial score (nSPS) is 12.9. The standard InChI is InChI=1S/C50H99NO3/c1-3-5-7-9-11-13-15-17-19-21-23-24-25-26-28-29-31-33-35-37-39-41-43-45-49(53)48(47-52)51-50(54)46-44-42-40-38-36-34-32-30-27-22-20-18-16-14-12-10-8-6-4-2/h43,45,48-49,52-53H,3-42,44,46-47H2,1-2H3,(H,51,54)/b45-43+. The van der Waals surface area contributed by atoms with Gasteiger partial charge in [0.1, 0.15) is 0 Å². The Morgan fingerprint density at radius 3 is 0.963 bits per heavy atom. The van der Waals surface area contributed by atoms with Gasteiger partial charge >= 0.3 is 0 Å². The lowest BCUT2D eigenvalue weighted by Crippen LogP contribution is -2.45. The lowest BCUT2D eigenvalue weighted by atomic mass is 10.0. The van der Waals surface area contributed by atoms with E-state index in [0.717, 1.165) is 25.7 Å². The summed E-state index contributed by atoms with van der Waals surface area (Å²) in [6.45, 7) is 4.34. The van der Waals surface area contributed by atoms with Crippen LogP contribution >= 0.6 is 0 Å². The van der Waals surface area contributed by atoms with Crippen molar-refractivity contribution in [2.45, 2.75) is 296 Å². The van der Waals surface area contributed by atoms with Gasteiger partial charge in [-0.15, -0.1) is 0 Å². The highest BCUT2D eigenvalue weighted by molar-refractivity contribution is 5.76. The van der Waals surface area contributed by atoms with E-state index in [2.05, 4.69) is 19.2 Å². The van der Waals surface area contributed by atoms with Crippen molar-refractivity contribution in [1.29, 1.82) is 0 Å². The molecule has 2 atom stereocenters. The van der Waals surface area contributed by atoms with E-state index in [1.807, 2.05) is 6.08 Å². The first-order valence-corrected chi connectivity index (χ1v) is 24.9. The van der Waals surface area contributed by atoms with Gasteiger partial charge in [-0.1, -0.05) is 270 Å². The van der Waals surface area contributed by atoms with E-state index in [9.17, 15) is 15.0 Å². The number of carbonyl (C=O) groups is 1. The van der Waals surface area contributed by atoms with Gasteiger partial charge in [-0.3, -0.25) is 4.79 Å². The molecule has 0 aromatic carbocycles. The molecule has 0 rings (SSSR count). The van der Waals surface area contributed by atoms with Gasteiger partial charge in [0.05, 0.1) is 18.8 Å². The highest BCUT2D eigenvalue weighted by Crippen LogP contribution is 2.17. The molecule has 0 aromatic rings. The maximum absolute atomic E-state index is 12.4. The van der Waals surface area contributed by atoms with Crippen LogP contribution in [-0.2, 0) is 4.79 Å². The predicted octanol–water partition coefficient (Wildman–Crippen LogP) is 15.8. The lowest BCUT2D eigenvalue weighted by molar-refractivity contribution is -0.123. The molecule has 0 heterocycles. The third-order valence-corrected chi connectivity index (χ3v) is 11.8. The molecule has 3 N–H and O–H groups in total. The molecule has 0 aliphatic heterocycles. The summed E-state index contributed by atoms with van der Waals surface area (Å²) in [5.41, 5.74) is 0. The number of hydrogen-bond acceptors (Lipinski definition) is 3. The lowest BCUT2D eigenvalue weighted by Gasteiger charge is -2.20. The Bertz CT molecular complexity index is 739. The summed E-state index contributed by atoms with van der Waals surface area (Å²) >= 11 is 0. The van der Waals surface area contributed by atoms with Gasteiger partial charge < -0.3 is 15.5 Å². The van der Waals surface area contributed by atoms with Gasteiger partial charge in [0.2, 0.25) is 5.91 Å². The fourth-order valence-electron chi connectivity index (χ4n) is 7.95. The van der Waals surface area contributed by atoms with Gasteiger partial charge in [-0.05, 0) is 19.3 Å². The van der Waals surface area contributed by atoms with E-state index >= 15 is 0 Å². The maximum Gasteiger partial charge on any atom is 0.220 e. The smallest absolute Gasteiger partial charge is 0.220 e. The summed E-state index contributed by atoms with van der Waals surface area (Å²) < 4.78 is 0. The number of hydrogen-bond donors (Lipinski definition) is 3. The summed E-state index contributed by atoms with van der Waals surface area (Å²) in [7, 11) is 0. The van der Waals surface area contributed by atoms with Gasteiger partial charge in [0.15, 0.2) is 0 Å². The zero-order valence-electron chi connectivity index (χ0n) is 37.0. The summed E-state index contributed by atoms with van der Waals surface area (Å²) in [6.07, 6.45) is 59.1. The summed E-state index contributed by atoms with van der Waals surface area (Å²) in [6, 6.07) is -0.617. The molecule has 0 fully saturated rings. The maximum atomic E-state index is 12.4. The van der Waals surface area contributed by atoms with E-state index in [4.69, 9.17) is 0 Å². The number of aliphatic hydroxyl groups is 2. The van der Waals surface area contributed by atoms with Crippen molar-refractivity contribution < 1.29 is 15.0 Å². The first kappa shape index (κ1) is 53.1. The van der Waals surface area contributed by atoms with Crippen LogP contribution in [0.1, 0.15) is 284 Å². The Labute approximate surface area is 339 Å². The van der Waals surface area contributed by atoms with Crippen LogP contribution in [-0.4, -0.2) is 34.9 Å². The predicted molar refractivity (Wildman–Crippen MR) is 239 cm³/mol. The molecule has 0 aliphatic carbocycles. The molecule has 54 heavy (non-hydrogen) atoms. The molecule has 0 saturated carbocycles. The van der Waals surface area contributed by atoms with Crippen molar-refractivity contribution in [2.24, 2.45) is 0 Å². The first-order chi connectivity index (χ1) is 26.7. The van der Waals surface area contributed by atoms with Gasteiger partial charge in [-0.2, -0.15) is 0 Å². The van der Waals surface area contributed by atoms with E-state index in [1.165, 1.54) is 238 Å². The van der Waals surface area contributed by atoms with Crippen LogP contribution in [0.2, 0.25) is 0 Å². The van der Waals surface area contributed by atoms with E-state index in [0.29, 0.717) is 6.42 Å². The van der Waals surface area contributed by atoms with Crippen LogP contribution in [0.3, 0.4) is 0 Å². The van der Waals surface area contributed by atoms with Crippen molar-refractivity contribution in [3.8, 4) is 0 Å². The minimum atomic E-state index is -0.834. The molecule has 322 valence electrons. The van der Waals surface area contributed by atoms with Crippen molar-refractivity contribution in [3.05, 3.63) is 12.2 Å². The third-order valence-electron chi connectivity index (χ3n) is 11.8. The van der Waals surface area contributed by atoms with Crippen LogP contribution in [0.5, 0.6) is 0 Å². The molecule has 4 nitrogen and oxygen atoms in total. The fourth-order valence-corrected chi connectivity index (χ4v) is 7.95. The molecule has 4 heteroatoms. The molecule has 0 radical (unpaired) electrons. The Balaban J connectivity index is 3.49. The van der Waals surface area contributed by atoms with E-state index in [1.54, 1.807) is 6.08 Å². The summed E-state index contributed by atoms with van der Waals surface area (Å²) in [5.74, 6) is -0.0576. The number of nitrogens with one attached hydrogen (secondary N) is 1. The van der Waals surface area contributed by atoms with Crippen LogP contribution in [0.4, 0.5) is 0 Å². The van der Waals surface area contributed by atoms with Crippen molar-refractivity contribution in [3.63, 3.8) is 0 Å². The van der Waals surface area contributed by atoms with Crippen LogP contribution in [0.15, 0.2) is 12.2 Å². The first-order valence-electron chi connectivity index (χ1n) is 24.9. The highest BCUT2D eigenvalue weighted by Gasteiger charge is 2.18. The fraction of sp³-hybridized carbons (Fsp3) is 0.940. The Morgan fingerprint density at radius 2 is 0.685 bits per heavy atom. The third kappa shape index (κ3) is 42.3. The van der Waals surface area contributed by atoms with Gasteiger partial charge in [-0.25, -0.2) is 0 Å². The number of rotatable bonds is 46. The second-order valence-corrected chi connectivity index (χ2v) is 17.2. The van der Waals surface area contributed by atoms with E-state index < -0.39 is 12.1 Å². The summed E-state index contributed by atoms with van der Waals surface area (Å²) in [4.78, 5) is 12.4. The molecular formula is C50H99NO3. The molecular weight excluding hydrogens is 663 g/mol. The summed E-state index contributed by atoms with van der Waals surface area (Å²) in [5, 5.41) is 23.1. The minimum Gasteiger partial charge on any atom is -0.394 e. The van der Waals surface area contributed by atoms with Crippen molar-refractivity contribution >= 4 is 5.91 Å². The second kappa shape index (κ2) is 46.5.